The number of aryl methyl sites for hydroxylation is 1. The summed E-state index contributed by atoms with van der Waals surface area (Å²) in [6.45, 7) is 3.36. The van der Waals surface area contributed by atoms with Gasteiger partial charge in [0.2, 0.25) is 6.79 Å². The number of hydrogen-bond donors (Lipinski definition) is 1. The number of amides is 2. The van der Waals surface area contributed by atoms with Crippen molar-refractivity contribution >= 4 is 11.8 Å². The van der Waals surface area contributed by atoms with Crippen molar-refractivity contribution < 1.29 is 23.8 Å². The van der Waals surface area contributed by atoms with Gasteiger partial charge in [-0.2, -0.15) is 0 Å². The van der Waals surface area contributed by atoms with Gasteiger partial charge in [-0.25, -0.2) is 0 Å². The summed E-state index contributed by atoms with van der Waals surface area (Å²) in [4.78, 5) is 26.7. The lowest BCUT2D eigenvalue weighted by atomic mass is 10.0. The van der Waals surface area contributed by atoms with E-state index in [2.05, 4.69) is 5.32 Å². The van der Waals surface area contributed by atoms with Gasteiger partial charge in [0, 0.05) is 24.7 Å². The molecule has 0 unspecified atom stereocenters. The second-order valence-corrected chi connectivity index (χ2v) is 7.30. The van der Waals surface area contributed by atoms with E-state index in [1.165, 1.54) is 0 Å². The number of benzene rings is 2. The highest BCUT2D eigenvalue weighted by Crippen LogP contribution is 2.33. The number of nitrogens with one attached hydrogen (secondary N) is 1. The second-order valence-electron chi connectivity index (χ2n) is 7.30. The van der Waals surface area contributed by atoms with E-state index in [0.29, 0.717) is 48.7 Å². The molecule has 2 aliphatic heterocycles. The largest absolute Gasteiger partial charge is 0.484 e. The summed E-state index contributed by atoms with van der Waals surface area (Å²) in [6.07, 6.45) is 1.43. The predicted molar refractivity (Wildman–Crippen MR) is 106 cm³/mol. The van der Waals surface area contributed by atoms with Crippen molar-refractivity contribution in [3.63, 3.8) is 0 Å². The third-order valence-corrected chi connectivity index (χ3v) is 5.16. The molecular weight excluding hydrogens is 372 g/mol. The van der Waals surface area contributed by atoms with Crippen molar-refractivity contribution in [1.82, 2.24) is 10.2 Å². The summed E-state index contributed by atoms with van der Waals surface area (Å²) in [5.41, 5.74) is 1.73. The van der Waals surface area contributed by atoms with Crippen LogP contribution in [0.2, 0.25) is 0 Å². The van der Waals surface area contributed by atoms with Gasteiger partial charge in [0.15, 0.2) is 18.1 Å². The molecule has 0 aromatic heterocycles. The fraction of sp³-hybridized carbons (Fsp3) is 0.364. The fourth-order valence-corrected chi connectivity index (χ4v) is 3.49. The molecule has 2 aromatic carbocycles. The van der Waals surface area contributed by atoms with Crippen LogP contribution < -0.4 is 19.5 Å². The van der Waals surface area contributed by atoms with Crippen molar-refractivity contribution in [2.75, 3.05) is 26.5 Å². The van der Waals surface area contributed by atoms with Gasteiger partial charge in [-0.1, -0.05) is 17.7 Å². The molecule has 7 nitrogen and oxygen atoms in total. The van der Waals surface area contributed by atoms with Gasteiger partial charge >= 0.3 is 0 Å². The average molecular weight is 396 g/mol. The minimum absolute atomic E-state index is 0.0145. The van der Waals surface area contributed by atoms with E-state index in [1.807, 2.05) is 36.1 Å². The lowest BCUT2D eigenvalue weighted by Gasteiger charge is -2.32. The number of carbonyl (C=O) groups excluding carboxylic acids is 2. The van der Waals surface area contributed by atoms with Crippen molar-refractivity contribution in [2.24, 2.45) is 0 Å². The summed E-state index contributed by atoms with van der Waals surface area (Å²) in [7, 11) is 0. The molecule has 1 fully saturated rings. The van der Waals surface area contributed by atoms with Gasteiger partial charge in [0.25, 0.3) is 11.8 Å². The first kappa shape index (κ1) is 19.1. The Kier molecular flexibility index (Phi) is 5.55. The monoisotopic (exact) mass is 396 g/mol. The smallest absolute Gasteiger partial charge is 0.258 e. The number of hydrogen-bond acceptors (Lipinski definition) is 5. The molecular formula is C22H24N2O5. The van der Waals surface area contributed by atoms with Crippen LogP contribution >= 0.6 is 0 Å². The van der Waals surface area contributed by atoms with Gasteiger partial charge in [0.1, 0.15) is 5.75 Å². The number of rotatable bonds is 5. The number of fused-ring (bicyclic) bond motifs is 1. The van der Waals surface area contributed by atoms with Crippen LogP contribution in [0.4, 0.5) is 0 Å². The van der Waals surface area contributed by atoms with Gasteiger partial charge < -0.3 is 24.4 Å². The molecule has 152 valence electrons. The number of nitrogens with zero attached hydrogens (tertiary/aromatic N) is 1. The highest BCUT2D eigenvalue weighted by atomic mass is 16.7. The summed E-state index contributed by atoms with van der Waals surface area (Å²) in [6, 6.07) is 12.9. The van der Waals surface area contributed by atoms with E-state index in [-0.39, 0.29) is 31.3 Å². The van der Waals surface area contributed by atoms with Gasteiger partial charge in [-0.05, 0) is 50.1 Å². The third-order valence-electron chi connectivity index (χ3n) is 5.16. The summed E-state index contributed by atoms with van der Waals surface area (Å²) in [5, 5.41) is 3.00. The van der Waals surface area contributed by atoms with Crippen molar-refractivity contribution in [3.8, 4) is 17.2 Å². The molecule has 2 heterocycles. The lowest BCUT2D eigenvalue weighted by Crippen LogP contribution is -2.47. The summed E-state index contributed by atoms with van der Waals surface area (Å²) < 4.78 is 16.2. The molecule has 2 amide bonds. The maximum atomic E-state index is 12.7. The SMILES string of the molecule is Cc1ccc(OCC(=O)NC2CCN(C(=O)c3ccc4c(c3)OCO4)CC2)cc1. The Hall–Kier alpha value is -3.22. The molecule has 4 rings (SSSR count). The molecule has 7 heteroatoms. The van der Waals surface area contributed by atoms with Crippen LogP contribution in [0.25, 0.3) is 0 Å². The first-order chi connectivity index (χ1) is 14.1. The van der Waals surface area contributed by atoms with E-state index in [1.54, 1.807) is 18.2 Å². The highest BCUT2D eigenvalue weighted by Gasteiger charge is 2.26. The first-order valence-corrected chi connectivity index (χ1v) is 9.76. The van der Waals surface area contributed by atoms with Crippen molar-refractivity contribution in [1.29, 1.82) is 0 Å². The summed E-state index contributed by atoms with van der Waals surface area (Å²) in [5.74, 6) is 1.76. The van der Waals surface area contributed by atoms with Crippen LogP contribution in [-0.2, 0) is 4.79 Å². The number of likely N-dealkylation sites (tertiary alicyclic amines) is 1. The predicted octanol–water partition coefficient (Wildman–Crippen LogP) is 2.52. The third kappa shape index (κ3) is 4.62. The first-order valence-electron chi connectivity index (χ1n) is 9.76. The Bertz CT molecular complexity index is 889. The topological polar surface area (TPSA) is 77.1 Å². The molecule has 0 aliphatic carbocycles. The Balaban J connectivity index is 1.23. The lowest BCUT2D eigenvalue weighted by molar-refractivity contribution is -0.124. The van der Waals surface area contributed by atoms with Gasteiger partial charge in [0.05, 0.1) is 0 Å². The maximum Gasteiger partial charge on any atom is 0.258 e. The molecule has 1 N–H and O–H groups in total. The normalized spacial score (nSPS) is 15.8. The van der Waals surface area contributed by atoms with Crippen molar-refractivity contribution in [3.05, 3.63) is 53.6 Å². The van der Waals surface area contributed by atoms with E-state index in [9.17, 15) is 9.59 Å². The Labute approximate surface area is 169 Å². The van der Waals surface area contributed by atoms with Crippen molar-refractivity contribution in [2.45, 2.75) is 25.8 Å². The molecule has 0 radical (unpaired) electrons. The number of carbonyl (C=O) groups is 2. The Morgan fingerprint density at radius 2 is 1.79 bits per heavy atom. The van der Waals surface area contributed by atoms with Crippen LogP contribution in [-0.4, -0.2) is 49.2 Å². The molecule has 1 saturated heterocycles. The van der Waals surface area contributed by atoms with Gasteiger partial charge in [-0.3, -0.25) is 9.59 Å². The molecule has 0 spiro atoms. The Morgan fingerprint density at radius 1 is 1.07 bits per heavy atom. The second kappa shape index (κ2) is 8.43. The fourth-order valence-electron chi connectivity index (χ4n) is 3.49. The maximum absolute atomic E-state index is 12.7. The number of piperidine rings is 1. The molecule has 0 saturated carbocycles. The standard InChI is InChI=1S/C22H24N2O5/c1-15-2-5-18(6-3-15)27-13-21(25)23-17-8-10-24(11-9-17)22(26)16-4-7-19-20(12-16)29-14-28-19/h2-7,12,17H,8-11,13-14H2,1H3,(H,23,25). The van der Waals surface area contributed by atoms with Gasteiger partial charge in [-0.15, -0.1) is 0 Å². The van der Waals surface area contributed by atoms with Crippen LogP contribution in [0.5, 0.6) is 17.2 Å². The zero-order chi connectivity index (χ0) is 20.2. The molecule has 29 heavy (non-hydrogen) atoms. The highest BCUT2D eigenvalue weighted by molar-refractivity contribution is 5.95. The molecule has 0 bridgehead atoms. The van der Waals surface area contributed by atoms with E-state index < -0.39 is 0 Å². The van der Waals surface area contributed by atoms with Crippen LogP contribution in [0.3, 0.4) is 0 Å². The summed E-state index contributed by atoms with van der Waals surface area (Å²) >= 11 is 0. The zero-order valence-corrected chi connectivity index (χ0v) is 16.3. The van der Waals surface area contributed by atoms with E-state index >= 15 is 0 Å². The number of ether oxygens (including phenoxy) is 3. The quantitative estimate of drug-likeness (QED) is 0.840. The van der Waals surface area contributed by atoms with Crippen LogP contribution in [0.15, 0.2) is 42.5 Å². The minimum atomic E-state index is -0.147. The minimum Gasteiger partial charge on any atom is -0.484 e. The van der Waals surface area contributed by atoms with E-state index in [0.717, 1.165) is 5.56 Å². The average Bonchev–Trinajstić information content (AvgIpc) is 3.21. The molecule has 0 atom stereocenters. The van der Waals surface area contributed by atoms with Crippen LogP contribution in [0.1, 0.15) is 28.8 Å². The molecule has 2 aliphatic rings. The van der Waals surface area contributed by atoms with E-state index in [4.69, 9.17) is 14.2 Å². The molecule has 2 aromatic rings. The Morgan fingerprint density at radius 3 is 2.55 bits per heavy atom. The van der Waals surface area contributed by atoms with Crippen LogP contribution in [0, 0.1) is 6.92 Å². The zero-order valence-electron chi connectivity index (χ0n) is 16.3.